The van der Waals surface area contributed by atoms with E-state index in [1.807, 2.05) is 13.8 Å². The molecule has 2 N–H and O–H groups in total. The molecule has 0 unspecified atom stereocenters. The summed E-state index contributed by atoms with van der Waals surface area (Å²) in [6.07, 6.45) is 1.79. The third kappa shape index (κ3) is 2.94. The zero-order valence-corrected chi connectivity index (χ0v) is 13.6. The molecule has 3 rings (SSSR count). The summed E-state index contributed by atoms with van der Waals surface area (Å²) in [4.78, 5) is 24.8. The van der Waals surface area contributed by atoms with E-state index < -0.39 is 4.92 Å². The Labute approximate surface area is 139 Å². The Morgan fingerprint density at radius 2 is 2.25 bits per heavy atom. The minimum absolute atomic E-state index is 0.0255. The topological polar surface area (TPSA) is 104 Å². The molecule has 8 nitrogen and oxygen atoms in total. The zero-order chi connectivity index (χ0) is 17.3. The fourth-order valence-electron chi connectivity index (χ4n) is 3.25. The van der Waals surface area contributed by atoms with Gasteiger partial charge in [-0.3, -0.25) is 15.2 Å². The van der Waals surface area contributed by atoms with Crippen molar-refractivity contribution in [1.29, 1.82) is 0 Å². The number of nitro groups is 1. The summed E-state index contributed by atoms with van der Waals surface area (Å²) in [6.45, 7) is 4.52. The second kappa shape index (κ2) is 6.31. The van der Waals surface area contributed by atoms with Gasteiger partial charge in [0.1, 0.15) is 0 Å². The Morgan fingerprint density at radius 1 is 1.46 bits per heavy atom. The molecule has 0 spiro atoms. The lowest BCUT2D eigenvalue weighted by Gasteiger charge is -2.25. The van der Waals surface area contributed by atoms with Crippen LogP contribution >= 0.6 is 0 Å². The van der Waals surface area contributed by atoms with Gasteiger partial charge >= 0.3 is 6.03 Å². The number of anilines is 1. The first-order chi connectivity index (χ1) is 11.5. The average molecular weight is 329 g/mol. The van der Waals surface area contributed by atoms with Crippen molar-refractivity contribution in [3.63, 3.8) is 0 Å². The Balaban J connectivity index is 1.79. The maximum Gasteiger partial charge on any atom is 0.322 e. The minimum atomic E-state index is -0.480. The van der Waals surface area contributed by atoms with Crippen LogP contribution < -0.4 is 5.32 Å². The van der Waals surface area contributed by atoms with Gasteiger partial charge in [0, 0.05) is 35.6 Å². The molecule has 2 amide bonds. The SMILES string of the molecule is Cc1n[nH]c(C)c1[C@H]1CCCN1C(=O)Nc1cccc([N+](=O)[O-])c1. The number of hydrogen-bond acceptors (Lipinski definition) is 4. The minimum Gasteiger partial charge on any atom is -0.317 e. The molecule has 24 heavy (non-hydrogen) atoms. The Bertz CT molecular complexity index is 766. The lowest BCUT2D eigenvalue weighted by atomic mass is 10.0. The number of hydrogen-bond donors (Lipinski definition) is 2. The summed E-state index contributed by atoms with van der Waals surface area (Å²) >= 11 is 0. The van der Waals surface area contributed by atoms with Crippen LogP contribution in [0.15, 0.2) is 24.3 Å². The van der Waals surface area contributed by atoms with Crippen molar-refractivity contribution in [2.45, 2.75) is 32.7 Å². The smallest absolute Gasteiger partial charge is 0.317 e. The van der Waals surface area contributed by atoms with E-state index >= 15 is 0 Å². The van der Waals surface area contributed by atoms with Crippen molar-refractivity contribution in [2.24, 2.45) is 0 Å². The average Bonchev–Trinajstić information content (AvgIpc) is 3.14. The summed E-state index contributed by atoms with van der Waals surface area (Å²) in [5.41, 5.74) is 3.29. The van der Waals surface area contributed by atoms with Crippen LogP contribution in [0.4, 0.5) is 16.2 Å². The predicted molar refractivity (Wildman–Crippen MR) is 88.9 cm³/mol. The lowest BCUT2D eigenvalue weighted by Crippen LogP contribution is -2.34. The number of nitro benzene ring substituents is 1. The first-order valence-electron chi connectivity index (χ1n) is 7.81. The number of non-ortho nitro benzene ring substituents is 1. The number of aromatic nitrogens is 2. The van der Waals surface area contributed by atoms with E-state index in [2.05, 4.69) is 15.5 Å². The van der Waals surface area contributed by atoms with Crippen LogP contribution in [-0.4, -0.2) is 32.6 Å². The van der Waals surface area contributed by atoms with Gasteiger partial charge in [-0.2, -0.15) is 5.10 Å². The van der Waals surface area contributed by atoms with Gasteiger partial charge < -0.3 is 10.2 Å². The molecular formula is C16H19N5O3. The number of nitrogens with zero attached hydrogens (tertiary/aromatic N) is 3. The standard InChI is InChI=1S/C16H19N5O3/c1-10-15(11(2)19-18-10)14-7-4-8-20(14)16(22)17-12-5-3-6-13(9-12)21(23)24/h3,5-6,9,14H,4,7-8H2,1-2H3,(H,17,22)(H,18,19)/t14-/m1/s1. The molecule has 8 heteroatoms. The summed E-state index contributed by atoms with van der Waals surface area (Å²) in [5, 5.41) is 20.8. The number of benzene rings is 1. The van der Waals surface area contributed by atoms with Crippen molar-refractivity contribution in [3.8, 4) is 0 Å². The molecule has 0 bridgehead atoms. The maximum absolute atomic E-state index is 12.6. The Morgan fingerprint density at radius 3 is 2.92 bits per heavy atom. The van der Waals surface area contributed by atoms with E-state index in [4.69, 9.17) is 0 Å². The molecule has 1 aliphatic heterocycles. The normalized spacial score (nSPS) is 17.1. The molecule has 126 valence electrons. The molecule has 0 saturated carbocycles. The van der Waals surface area contributed by atoms with E-state index in [9.17, 15) is 14.9 Å². The van der Waals surface area contributed by atoms with Gasteiger partial charge in [0.25, 0.3) is 5.69 Å². The van der Waals surface area contributed by atoms with E-state index in [0.717, 1.165) is 29.8 Å². The van der Waals surface area contributed by atoms with Gasteiger partial charge in [-0.05, 0) is 32.8 Å². The monoisotopic (exact) mass is 329 g/mol. The number of carbonyl (C=O) groups excluding carboxylic acids is 1. The molecular weight excluding hydrogens is 310 g/mol. The molecule has 0 aliphatic carbocycles. The number of aryl methyl sites for hydroxylation is 2. The lowest BCUT2D eigenvalue weighted by molar-refractivity contribution is -0.384. The highest BCUT2D eigenvalue weighted by Crippen LogP contribution is 2.35. The van der Waals surface area contributed by atoms with Gasteiger partial charge in [0.2, 0.25) is 0 Å². The molecule has 1 saturated heterocycles. The second-order valence-electron chi connectivity index (χ2n) is 5.94. The van der Waals surface area contributed by atoms with Gasteiger partial charge in [0.15, 0.2) is 0 Å². The molecule has 1 aromatic carbocycles. The third-order valence-corrected chi connectivity index (χ3v) is 4.34. The van der Waals surface area contributed by atoms with Crippen LogP contribution in [0.1, 0.15) is 35.8 Å². The van der Waals surface area contributed by atoms with Crippen molar-refractivity contribution < 1.29 is 9.72 Å². The number of likely N-dealkylation sites (tertiary alicyclic amines) is 1. The fourth-order valence-corrected chi connectivity index (χ4v) is 3.25. The van der Waals surface area contributed by atoms with Crippen LogP contribution in [0.2, 0.25) is 0 Å². The number of amides is 2. The van der Waals surface area contributed by atoms with E-state index in [1.54, 1.807) is 17.0 Å². The zero-order valence-electron chi connectivity index (χ0n) is 13.6. The van der Waals surface area contributed by atoms with E-state index in [0.29, 0.717) is 12.2 Å². The van der Waals surface area contributed by atoms with E-state index in [-0.39, 0.29) is 17.8 Å². The van der Waals surface area contributed by atoms with Crippen LogP contribution in [0.25, 0.3) is 0 Å². The van der Waals surface area contributed by atoms with Crippen molar-refractivity contribution in [3.05, 3.63) is 51.3 Å². The Hall–Kier alpha value is -2.90. The van der Waals surface area contributed by atoms with Gasteiger partial charge in [0.05, 0.1) is 16.7 Å². The van der Waals surface area contributed by atoms with Crippen molar-refractivity contribution >= 4 is 17.4 Å². The number of rotatable bonds is 3. The predicted octanol–water partition coefficient (Wildman–Crippen LogP) is 3.30. The highest BCUT2D eigenvalue weighted by atomic mass is 16.6. The van der Waals surface area contributed by atoms with Crippen LogP contribution in [0, 0.1) is 24.0 Å². The third-order valence-electron chi connectivity index (χ3n) is 4.34. The quantitative estimate of drug-likeness (QED) is 0.666. The van der Waals surface area contributed by atoms with Crippen LogP contribution in [-0.2, 0) is 0 Å². The largest absolute Gasteiger partial charge is 0.322 e. The molecule has 2 heterocycles. The number of H-pyrrole nitrogens is 1. The molecule has 1 atom stereocenters. The number of aromatic amines is 1. The summed E-state index contributed by atoms with van der Waals surface area (Å²) in [7, 11) is 0. The molecule has 2 aromatic rings. The highest BCUT2D eigenvalue weighted by molar-refractivity contribution is 5.90. The fraction of sp³-hybridized carbons (Fsp3) is 0.375. The van der Waals surface area contributed by atoms with Crippen LogP contribution in [0.3, 0.4) is 0 Å². The van der Waals surface area contributed by atoms with Gasteiger partial charge in [-0.15, -0.1) is 0 Å². The number of nitrogens with one attached hydrogen (secondary N) is 2. The van der Waals surface area contributed by atoms with Crippen LogP contribution in [0.5, 0.6) is 0 Å². The summed E-state index contributed by atoms with van der Waals surface area (Å²) in [6, 6.07) is 5.67. The summed E-state index contributed by atoms with van der Waals surface area (Å²) in [5.74, 6) is 0. The number of urea groups is 1. The first-order valence-corrected chi connectivity index (χ1v) is 7.81. The van der Waals surface area contributed by atoms with Crippen molar-refractivity contribution in [2.75, 3.05) is 11.9 Å². The van der Waals surface area contributed by atoms with Crippen molar-refractivity contribution in [1.82, 2.24) is 15.1 Å². The molecule has 1 aromatic heterocycles. The first kappa shape index (κ1) is 16.0. The molecule has 1 aliphatic rings. The maximum atomic E-state index is 12.6. The second-order valence-corrected chi connectivity index (χ2v) is 5.94. The van der Waals surface area contributed by atoms with E-state index in [1.165, 1.54) is 12.1 Å². The van der Waals surface area contributed by atoms with Gasteiger partial charge in [-0.1, -0.05) is 6.07 Å². The molecule has 1 fully saturated rings. The van der Waals surface area contributed by atoms with Gasteiger partial charge in [-0.25, -0.2) is 4.79 Å². The highest BCUT2D eigenvalue weighted by Gasteiger charge is 2.33. The number of carbonyl (C=O) groups is 1. The Kier molecular flexibility index (Phi) is 4.20. The molecule has 0 radical (unpaired) electrons. The summed E-state index contributed by atoms with van der Waals surface area (Å²) < 4.78 is 0.